The van der Waals surface area contributed by atoms with Crippen molar-refractivity contribution in [1.29, 1.82) is 0 Å². The predicted octanol–water partition coefficient (Wildman–Crippen LogP) is 4.65. The zero-order valence-corrected chi connectivity index (χ0v) is 14.0. The second kappa shape index (κ2) is 9.88. The van der Waals surface area contributed by atoms with E-state index in [0.29, 0.717) is 17.4 Å². The van der Waals surface area contributed by atoms with E-state index >= 15 is 0 Å². The molecule has 4 heteroatoms. The molecule has 0 radical (unpaired) electrons. The highest BCUT2D eigenvalue weighted by Gasteiger charge is 2.22. The third-order valence-electron chi connectivity index (χ3n) is 4.43. The predicted molar refractivity (Wildman–Crippen MR) is 84.9 cm³/mol. The summed E-state index contributed by atoms with van der Waals surface area (Å²) in [7, 11) is 0. The van der Waals surface area contributed by atoms with Gasteiger partial charge in [0.2, 0.25) is 12.6 Å². The van der Waals surface area contributed by atoms with Crippen molar-refractivity contribution in [1.82, 2.24) is 0 Å². The molecule has 0 heterocycles. The summed E-state index contributed by atoms with van der Waals surface area (Å²) in [6.07, 6.45) is 5.69. The lowest BCUT2D eigenvalue weighted by Crippen LogP contribution is -3.07. The average molecular weight is 316 g/mol. The van der Waals surface area contributed by atoms with Crippen LogP contribution >= 0.6 is 0 Å². The molecule has 1 rings (SSSR count). The van der Waals surface area contributed by atoms with E-state index < -0.39 is 18.4 Å². The van der Waals surface area contributed by atoms with Crippen molar-refractivity contribution in [3.63, 3.8) is 0 Å². The third-order valence-corrected chi connectivity index (χ3v) is 4.43. The number of hydrogen-bond donors (Lipinski definition) is 1. The summed E-state index contributed by atoms with van der Waals surface area (Å²) >= 11 is 0. The molecule has 0 bridgehead atoms. The maximum atomic E-state index is 13.8. The molecule has 0 spiro atoms. The van der Waals surface area contributed by atoms with Gasteiger partial charge in [-0.3, -0.25) is 4.90 Å². The van der Waals surface area contributed by atoms with Crippen LogP contribution in [-0.2, 0) is 0 Å². The van der Waals surface area contributed by atoms with Crippen molar-refractivity contribution in [2.75, 3.05) is 13.3 Å². The molecular weight excluding hydrogens is 287 g/mol. The van der Waals surface area contributed by atoms with E-state index in [1.54, 1.807) is 0 Å². The first-order valence-corrected chi connectivity index (χ1v) is 8.38. The van der Waals surface area contributed by atoms with Gasteiger partial charge in [0.15, 0.2) is 11.5 Å². The number of nitrogens with one attached hydrogen (secondary N) is 1. The Hall–Kier alpha value is -1.03. The monoisotopic (exact) mass is 316 g/mol. The SMILES string of the molecule is CCCC(CC)CCC(C)C[NH+](CF)c1cccc(F)c1F. The van der Waals surface area contributed by atoms with Crippen LogP contribution in [0, 0.1) is 23.5 Å². The minimum atomic E-state index is -0.931. The molecule has 0 saturated carbocycles. The maximum absolute atomic E-state index is 13.8. The van der Waals surface area contributed by atoms with E-state index in [0.717, 1.165) is 18.9 Å². The van der Waals surface area contributed by atoms with Gasteiger partial charge in [-0.1, -0.05) is 46.1 Å². The van der Waals surface area contributed by atoms with Gasteiger partial charge in [-0.05, 0) is 24.8 Å². The molecule has 1 aromatic rings. The fraction of sp³-hybridized carbons (Fsp3) is 0.667. The van der Waals surface area contributed by atoms with Crippen LogP contribution in [0.1, 0.15) is 52.9 Å². The Bertz CT molecular complexity index is 436. The number of halogens is 3. The highest BCUT2D eigenvalue weighted by Crippen LogP contribution is 2.20. The van der Waals surface area contributed by atoms with E-state index in [4.69, 9.17) is 0 Å². The molecule has 0 saturated heterocycles. The van der Waals surface area contributed by atoms with Crippen LogP contribution in [0.5, 0.6) is 0 Å². The van der Waals surface area contributed by atoms with E-state index in [-0.39, 0.29) is 11.6 Å². The fourth-order valence-corrected chi connectivity index (χ4v) is 3.02. The molecule has 1 aromatic carbocycles. The van der Waals surface area contributed by atoms with Crippen LogP contribution in [0.15, 0.2) is 18.2 Å². The number of hydrogen-bond acceptors (Lipinski definition) is 0. The molecule has 3 unspecified atom stereocenters. The smallest absolute Gasteiger partial charge is 0.225 e. The summed E-state index contributed by atoms with van der Waals surface area (Å²) in [4.78, 5) is 0.369. The summed E-state index contributed by atoms with van der Waals surface area (Å²) in [5, 5.41) is 0. The van der Waals surface area contributed by atoms with Gasteiger partial charge < -0.3 is 0 Å². The number of alkyl halides is 1. The molecule has 0 aliphatic carbocycles. The highest BCUT2D eigenvalue weighted by atomic mass is 19.2. The van der Waals surface area contributed by atoms with Gasteiger partial charge in [0.05, 0.1) is 6.54 Å². The Morgan fingerprint density at radius 1 is 1.09 bits per heavy atom. The lowest BCUT2D eigenvalue weighted by atomic mass is 9.91. The lowest BCUT2D eigenvalue weighted by Gasteiger charge is -2.21. The second-order valence-corrected chi connectivity index (χ2v) is 6.29. The second-order valence-electron chi connectivity index (χ2n) is 6.29. The molecule has 0 aliphatic rings. The molecule has 0 aliphatic heterocycles. The molecule has 0 fully saturated rings. The number of benzene rings is 1. The van der Waals surface area contributed by atoms with E-state index in [1.165, 1.54) is 31.4 Å². The van der Waals surface area contributed by atoms with Crippen molar-refractivity contribution >= 4 is 5.69 Å². The van der Waals surface area contributed by atoms with Crippen LogP contribution in [0.3, 0.4) is 0 Å². The van der Waals surface area contributed by atoms with Gasteiger partial charge in [0.25, 0.3) is 0 Å². The summed E-state index contributed by atoms with van der Waals surface area (Å²) in [6.45, 7) is 6.21. The fourth-order valence-electron chi connectivity index (χ4n) is 3.02. The van der Waals surface area contributed by atoms with Gasteiger partial charge in [-0.25, -0.2) is 4.39 Å². The van der Waals surface area contributed by atoms with Gasteiger partial charge in [0.1, 0.15) is 0 Å². The van der Waals surface area contributed by atoms with Crippen molar-refractivity contribution in [2.24, 2.45) is 11.8 Å². The Labute approximate surface area is 132 Å². The molecule has 22 heavy (non-hydrogen) atoms. The van der Waals surface area contributed by atoms with Gasteiger partial charge >= 0.3 is 0 Å². The topological polar surface area (TPSA) is 4.44 Å². The lowest BCUT2D eigenvalue weighted by molar-refractivity contribution is -0.852. The maximum Gasteiger partial charge on any atom is 0.225 e. The first-order chi connectivity index (χ1) is 10.5. The van der Waals surface area contributed by atoms with Gasteiger partial charge in [-0.15, -0.1) is 0 Å². The van der Waals surface area contributed by atoms with Crippen LogP contribution < -0.4 is 4.90 Å². The average Bonchev–Trinajstić information content (AvgIpc) is 2.52. The summed E-state index contributed by atoms with van der Waals surface area (Å²) in [6, 6.07) is 3.96. The van der Waals surface area contributed by atoms with Crippen molar-refractivity contribution < 1.29 is 18.1 Å². The molecule has 3 atom stereocenters. The molecule has 1 N–H and O–H groups in total. The normalized spacial score (nSPS) is 15.5. The summed E-state index contributed by atoms with van der Waals surface area (Å²) in [5.41, 5.74) is 0.0925. The number of quaternary nitrogens is 1. The summed E-state index contributed by atoms with van der Waals surface area (Å²) < 4.78 is 40.4. The summed E-state index contributed by atoms with van der Waals surface area (Å²) in [5.74, 6) is -0.851. The Morgan fingerprint density at radius 2 is 1.82 bits per heavy atom. The van der Waals surface area contributed by atoms with E-state index in [2.05, 4.69) is 20.8 Å². The van der Waals surface area contributed by atoms with Gasteiger partial charge in [-0.2, -0.15) is 8.78 Å². The third kappa shape index (κ3) is 5.64. The van der Waals surface area contributed by atoms with Crippen LogP contribution in [0.2, 0.25) is 0 Å². The minimum absolute atomic E-state index is 0.0925. The molecule has 0 amide bonds. The minimum Gasteiger partial charge on any atom is -0.273 e. The molecule has 126 valence electrons. The Morgan fingerprint density at radius 3 is 2.41 bits per heavy atom. The van der Waals surface area contributed by atoms with Crippen LogP contribution in [-0.4, -0.2) is 13.3 Å². The zero-order valence-electron chi connectivity index (χ0n) is 14.0. The molecule has 0 aromatic heterocycles. The van der Waals surface area contributed by atoms with E-state index in [9.17, 15) is 13.2 Å². The largest absolute Gasteiger partial charge is 0.273 e. The molecule has 1 nitrogen and oxygen atoms in total. The number of rotatable bonds is 10. The highest BCUT2D eigenvalue weighted by molar-refractivity contribution is 5.31. The quantitative estimate of drug-likeness (QED) is 0.599. The Balaban J connectivity index is 2.60. The van der Waals surface area contributed by atoms with Crippen LogP contribution in [0.25, 0.3) is 0 Å². The first-order valence-electron chi connectivity index (χ1n) is 8.38. The standard InChI is InChI=1S/C18H28F3N/c1-4-7-15(5-2)11-10-14(3)12-22(13-19)17-9-6-8-16(20)18(17)21/h6,8-9,14-15H,4-5,7,10-13H2,1-3H3/p+1. The Kier molecular flexibility index (Phi) is 8.54. The van der Waals surface area contributed by atoms with Crippen molar-refractivity contribution in [3.8, 4) is 0 Å². The van der Waals surface area contributed by atoms with Crippen molar-refractivity contribution in [3.05, 3.63) is 29.8 Å². The molecular formula is C18H29F3N+. The van der Waals surface area contributed by atoms with E-state index in [1.807, 2.05) is 0 Å². The van der Waals surface area contributed by atoms with Crippen LogP contribution in [0.4, 0.5) is 18.9 Å². The van der Waals surface area contributed by atoms with Gasteiger partial charge in [0, 0.05) is 12.0 Å². The van der Waals surface area contributed by atoms with Crippen molar-refractivity contribution in [2.45, 2.75) is 52.9 Å². The zero-order chi connectivity index (χ0) is 16.5. The first kappa shape index (κ1) is 19.0.